The number of fused-ring (bicyclic) bond motifs is 1. The second-order valence-corrected chi connectivity index (χ2v) is 7.59. The van der Waals surface area contributed by atoms with Crippen LogP contribution in [0.4, 0.5) is 5.69 Å². The first kappa shape index (κ1) is 20.2. The summed E-state index contributed by atoms with van der Waals surface area (Å²) in [6, 6.07) is 9.39. The quantitative estimate of drug-likeness (QED) is 0.298. The molecule has 0 fully saturated rings. The van der Waals surface area contributed by atoms with E-state index in [1.165, 1.54) is 29.1 Å². The number of nitrogens with zero attached hydrogens (tertiary/aromatic N) is 4. The predicted molar refractivity (Wildman–Crippen MR) is 114 cm³/mol. The van der Waals surface area contributed by atoms with Gasteiger partial charge >= 0.3 is 0 Å². The van der Waals surface area contributed by atoms with Crippen LogP contribution in [-0.4, -0.2) is 20.8 Å². The Bertz CT molecular complexity index is 1160. The topological polar surface area (TPSA) is 90.4 Å². The molecule has 0 bridgehead atoms. The SMILES string of the molecule is CC[C@H](C)c1nc2ccc(Br)cc2c(=O)n1N=Cc1ccc([N+](=O)[O-])cc1Cl. The molecule has 0 saturated heterocycles. The van der Waals surface area contributed by atoms with Crippen molar-refractivity contribution in [2.45, 2.75) is 26.2 Å². The van der Waals surface area contributed by atoms with Crippen LogP contribution in [-0.2, 0) is 0 Å². The van der Waals surface area contributed by atoms with Crippen LogP contribution in [0.25, 0.3) is 10.9 Å². The molecule has 9 heteroatoms. The minimum Gasteiger partial charge on any atom is -0.267 e. The van der Waals surface area contributed by atoms with Gasteiger partial charge in [0.15, 0.2) is 0 Å². The lowest BCUT2D eigenvalue weighted by atomic mass is 10.1. The van der Waals surface area contributed by atoms with E-state index in [0.29, 0.717) is 22.3 Å². The van der Waals surface area contributed by atoms with Gasteiger partial charge in [0.1, 0.15) is 5.82 Å². The van der Waals surface area contributed by atoms with Crippen molar-refractivity contribution < 1.29 is 4.92 Å². The maximum atomic E-state index is 13.0. The molecule has 1 atom stereocenters. The lowest BCUT2D eigenvalue weighted by molar-refractivity contribution is -0.384. The van der Waals surface area contributed by atoms with Crippen LogP contribution in [0.15, 0.2) is 50.8 Å². The van der Waals surface area contributed by atoms with Gasteiger partial charge in [-0.1, -0.05) is 41.4 Å². The van der Waals surface area contributed by atoms with Gasteiger partial charge in [0.25, 0.3) is 11.2 Å². The summed E-state index contributed by atoms with van der Waals surface area (Å²) in [7, 11) is 0. The average Bonchev–Trinajstić information content (AvgIpc) is 2.67. The van der Waals surface area contributed by atoms with Gasteiger partial charge in [-0.2, -0.15) is 9.78 Å². The van der Waals surface area contributed by atoms with Gasteiger partial charge < -0.3 is 0 Å². The fourth-order valence-electron chi connectivity index (χ4n) is 2.63. The van der Waals surface area contributed by atoms with Gasteiger partial charge in [0.05, 0.1) is 27.1 Å². The van der Waals surface area contributed by atoms with Gasteiger partial charge in [-0.3, -0.25) is 14.9 Å². The van der Waals surface area contributed by atoms with E-state index in [4.69, 9.17) is 11.6 Å². The van der Waals surface area contributed by atoms with Gasteiger partial charge in [0.2, 0.25) is 0 Å². The fourth-order valence-corrected chi connectivity index (χ4v) is 3.22. The van der Waals surface area contributed by atoms with Crippen molar-refractivity contribution in [2.24, 2.45) is 5.10 Å². The monoisotopic (exact) mass is 462 g/mol. The lowest BCUT2D eigenvalue weighted by Crippen LogP contribution is -2.23. The number of rotatable bonds is 5. The number of non-ortho nitro benzene ring substituents is 1. The highest BCUT2D eigenvalue weighted by atomic mass is 79.9. The van der Waals surface area contributed by atoms with Gasteiger partial charge in [-0.25, -0.2) is 4.98 Å². The Hall–Kier alpha value is -2.58. The Morgan fingerprint density at radius 2 is 2.11 bits per heavy atom. The normalized spacial score (nSPS) is 12.6. The molecule has 3 aromatic rings. The number of aromatic nitrogens is 2. The van der Waals surface area contributed by atoms with Crippen LogP contribution in [0.5, 0.6) is 0 Å². The van der Waals surface area contributed by atoms with Gasteiger partial charge in [-0.15, -0.1) is 0 Å². The molecule has 0 radical (unpaired) electrons. The fraction of sp³-hybridized carbons (Fsp3) is 0.211. The molecule has 0 aliphatic rings. The number of nitro benzene ring substituents is 1. The number of benzene rings is 2. The second-order valence-electron chi connectivity index (χ2n) is 6.27. The van der Waals surface area contributed by atoms with Crippen LogP contribution in [0.1, 0.15) is 37.6 Å². The molecule has 1 aromatic heterocycles. The van der Waals surface area contributed by atoms with Crippen molar-refractivity contribution >= 4 is 50.3 Å². The Balaban J connectivity index is 2.16. The van der Waals surface area contributed by atoms with Crippen LogP contribution in [0, 0.1) is 10.1 Å². The molecule has 0 aliphatic carbocycles. The summed E-state index contributed by atoms with van der Waals surface area (Å²) < 4.78 is 2.03. The van der Waals surface area contributed by atoms with E-state index in [1.807, 2.05) is 19.9 Å². The molecule has 28 heavy (non-hydrogen) atoms. The Kier molecular flexibility index (Phi) is 5.90. The number of hydrogen-bond acceptors (Lipinski definition) is 5. The Morgan fingerprint density at radius 3 is 2.75 bits per heavy atom. The minimum absolute atomic E-state index is 0.00484. The van der Waals surface area contributed by atoms with Crippen molar-refractivity contribution in [3.63, 3.8) is 0 Å². The zero-order valence-corrected chi connectivity index (χ0v) is 17.4. The Morgan fingerprint density at radius 1 is 1.36 bits per heavy atom. The zero-order valence-electron chi connectivity index (χ0n) is 15.1. The van der Waals surface area contributed by atoms with E-state index < -0.39 is 4.92 Å². The maximum absolute atomic E-state index is 13.0. The second kappa shape index (κ2) is 8.20. The van der Waals surface area contributed by atoms with E-state index in [9.17, 15) is 14.9 Å². The first-order chi connectivity index (χ1) is 13.3. The first-order valence-electron chi connectivity index (χ1n) is 8.52. The first-order valence-corrected chi connectivity index (χ1v) is 9.69. The highest BCUT2D eigenvalue weighted by molar-refractivity contribution is 9.10. The van der Waals surface area contributed by atoms with Crippen LogP contribution >= 0.6 is 27.5 Å². The number of hydrogen-bond donors (Lipinski definition) is 0. The molecule has 3 rings (SSSR count). The molecular weight excluding hydrogens is 448 g/mol. The van der Waals surface area contributed by atoms with E-state index in [0.717, 1.165) is 10.9 Å². The van der Waals surface area contributed by atoms with E-state index >= 15 is 0 Å². The molecule has 1 heterocycles. The minimum atomic E-state index is -0.524. The van der Waals surface area contributed by atoms with Crippen molar-refractivity contribution in [3.8, 4) is 0 Å². The van der Waals surface area contributed by atoms with E-state index in [1.54, 1.807) is 12.1 Å². The largest absolute Gasteiger partial charge is 0.282 e. The summed E-state index contributed by atoms with van der Waals surface area (Å²) in [5, 5.41) is 15.8. The van der Waals surface area contributed by atoms with Crippen molar-refractivity contribution in [2.75, 3.05) is 0 Å². The van der Waals surface area contributed by atoms with Crippen molar-refractivity contribution in [3.05, 3.63) is 77.7 Å². The molecule has 7 nitrogen and oxygen atoms in total. The molecule has 0 saturated carbocycles. The third-order valence-electron chi connectivity index (χ3n) is 4.39. The van der Waals surface area contributed by atoms with E-state index in [-0.39, 0.29) is 22.2 Å². The average molecular weight is 464 g/mol. The molecule has 0 unspecified atom stereocenters. The highest BCUT2D eigenvalue weighted by Gasteiger charge is 2.16. The van der Waals surface area contributed by atoms with Gasteiger partial charge in [0, 0.05) is 28.1 Å². The predicted octanol–water partition coefficient (Wildman–Crippen LogP) is 5.12. The van der Waals surface area contributed by atoms with E-state index in [2.05, 4.69) is 26.0 Å². The summed E-state index contributed by atoms with van der Waals surface area (Å²) in [6.45, 7) is 3.97. The third kappa shape index (κ3) is 3.98. The molecule has 144 valence electrons. The summed E-state index contributed by atoms with van der Waals surface area (Å²) in [4.78, 5) is 28.0. The zero-order chi connectivity index (χ0) is 20.4. The molecule has 0 aliphatic heterocycles. The lowest BCUT2D eigenvalue weighted by Gasteiger charge is -2.14. The summed E-state index contributed by atoms with van der Waals surface area (Å²) in [5.74, 6) is 0.543. The standard InChI is InChI=1S/C19H16BrClN4O3/c1-3-11(2)18-23-17-7-5-13(20)8-15(17)19(26)24(18)22-10-12-4-6-14(25(27)28)9-16(12)21/h4-11H,3H2,1-2H3/t11-/m0/s1. The maximum Gasteiger partial charge on any atom is 0.282 e. The molecule has 0 N–H and O–H groups in total. The highest BCUT2D eigenvalue weighted by Crippen LogP contribution is 2.23. The van der Waals surface area contributed by atoms with Crippen LogP contribution < -0.4 is 5.56 Å². The summed E-state index contributed by atoms with van der Waals surface area (Å²) in [5.41, 5.74) is 0.652. The summed E-state index contributed by atoms with van der Waals surface area (Å²) >= 11 is 9.49. The molecular formula is C19H16BrClN4O3. The Labute approximate surface area is 173 Å². The third-order valence-corrected chi connectivity index (χ3v) is 5.21. The molecule has 2 aromatic carbocycles. The number of nitro groups is 1. The van der Waals surface area contributed by atoms with Crippen LogP contribution in [0.2, 0.25) is 5.02 Å². The van der Waals surface area contributed by atoms with Crippen molar-refractivity contribution in [1.82, 2.24) is 9.66 Å². The number of halogens is 2. The van der Waals surface area contributed by atoms with Crippen LogP contribution in [0.3, 0.4) is 0 Å². The summed E-state index contributed by atoms with van der Waals surface area (Å²) in [6.07, 6.45) is 2.19. The van der Waals surface area contributed by atoms with Gasteiger partial charge in [-0.05, 0) is 30.7 Å². The van der Waals surface area contributed by atoms with Crippen molar-refractivity contribution in [1.29, 1.82) is 0 Å². The molecule has 0 amide bonds. The molecule has 0 spiro atoms. The smallest absolute Gasteiger partial charge is 0.267 e.